The molecule has 2 amide bonds. The molecule has 5 aromatic carbocycles. The first kappa shape index (κ1) is 44.0. The SMILES string of the molecule is COc1ccccc1CN(CCCNC[C@H](O)c1ccc(O)c2[nH]c(=O)ccc12)C(=O)c1ccc(COc2cccc([C@@H](NC(=O)O[C@H]3CN4CCC3CC4)c3ccccc3)c2)cc1. The maximum atomic E-state index is 14.1. The minimum Gasteiger partial charge on any atom is -0.506 e. The van der Waals surface area contributed by atoms with Crippen LogP contribution in [0.4, 0.5) is 4.79 Å². The number of aliphatic hydroxyl groups is 1. The topological polar surface area (TPSA) is 166 Å². The van der Waals surface area contributed by atoms with Crippen LogP contribution >= 0.6 is 0 Å². The predicted octanol–water partition coefficient (Wildman–Crippen LogP) is 7.09. The number of phenolic OH excluding ortho intramolecular Hbond substituents is 1. The second-order valence-corrected chi connectivity index (χ2v) is 16.5. The number of aliphatic hydroxyl groups excluding tert-OH is 1. The number of methoxy groups -OCH3 is 1. The van der Waals surface area contributed by atoms with Crippen LogP contribution < -0.4 is 25.7 Å². The Morgan fingerprint density at radius 1 is 0.891 bits per heavy atom. The molecule has 5 N–H and O–H groups in total. The number of para-hydroxylation sites is 1. The second kappa shape index (κ2) is 20.7. The number of rotatable bonds is 18. The minimum atomic E-state index is -0.898. The molecule has 13 heteroatoms. The van der Waals surface area contributed by atoms with Crippen molar-refractivity contribution in [3.05, 3.63) is 171 Å². The number of piperidine rings is 3. The summed E-state index contributed by atoms with van der Waals surface area (Å²) >= 11 is 0. The molecule has 3 aliphatic rings. The number of aromatic hydroxyl groups is 1. The maximum Gasteiger partial charge on any atom is 0.408 e. The fourth-order valence-electron chi connectivity index (χ4n) is 8.80. The van der Waals surface area contributed by atoms with E-state index in [0.717, 1.165) is 54.7 Å². The van der Waals surface area contributed by atoms with Crippen LogP contribution in [0.25, 0.3) is 10.9 Å². The van der Waals surface area contributed by atoms with Gasteiger partial charge in [0.15, 0.2) is 0 Å². The Balaban J connectivity index is 0.888. The third-order valence-electron chi connectivity index (χ3n) is 12.3. The molecular weight excluding hydrogens is 811 g/mol. The highest BCUT2D eigenvalue weighted by Gasteiger charge is 2.37. The van der Waals surface area contributed by atoms with Gasteiger partial charge in [-0.2, -0.15) is 0 Å². The number of carbonyl (C=O) groups is 2. The standard InChI is InChI=1S/C51H55N5O8/c1-62-45-14-6-5-11-39(45)31-56(26-8-25-52-30-44(58)41-19-21-43(57)49-42(41)20-22-47(59)53-49)50(60)37-17-15-34(16-18-37)33-63-40-13-7-12-38(29-40)48(36-9-3-2-4-10-36)54-51(61)64-46-32-55-27-23-35(46)24-28-55/h2-7,9-22,29,35,44,46,48,52,57-58H,8,23-28,30-33H2,1H3,(H,53,59)(H,54,61)/t44-,46-,48-/m0/s1. The molecule has 6 aromatic rings. The number of fused-ring (bicyclic) bond motifs is 4. The van der Waals surface area contributed by atoms with E-state index in [1.54, 1.807) is 24.1 Å². The molecule has 0 aliphatic carbocycles. The molecule has 1 aromatic heterocycles. The summed E-state index contributed by atoms with van der Waals surface area (Å²) in [4.78, 5) is 46.1. The Kier molecular flexibility index (Phi) is 14.2. The zero-order chi connectivity index (χ0) is 44.4. The van der Waals surface area contributed by atoms with Crippen molar-refractivity contribution in [3.63, 3.8) is 0 Å². The van der Waals surface area contributed by atoms with E-state index in [2.05, 4.69) is 20.5 Å². The molecule has 0 unspecified atom stereocenters. The summed E-state index contributed by atoms with van der Waals surface area (Å²) in [6.07, 6.45) is 1.29. The van der Waals surface area contributed by atoms with Crippen molar-refractivity contribution >= 4 is 22.9 Å². The number of carbonyl (C=O) groups excluding carboxylic acids is 2. The lowest BCUT2D eigenvalue weighted by molar-refractivity contribution is -0.0336. The summed E-state index contributed by atoms with van der Waals surface area (Å²) < 4.78 is 17.9. The average molecular weight is 866 g/mol. The van der Waals surface area contributed by atoms with Crippen LogP contribution in [-0.4, -0.2) is 89.5 Å². The molecule has 0 spiro atoms. The van der Waals surface area contributed by atoms with Gasteiger partial charge in [0, 0.05) is 48.8 Å². The Morgan fingerprint density at radius 3 is 2.42 bits per heavy atom. The molecule has 64 heavy (non-hydrogen) atoms. The van der Waals surface area contributed by atoms with Gasteiger partial charge in [-0.3, -0.25) is 14.5 Å². The van der Waals surface area contributed by atoms with Gasteiger partial charge in [-0.25, -0.2) is 4.79 Å². The third kappa shape index (κ3) is 10.7. The first-order valence-corrected chi connectivity index (χ1v) is 21.9. The fourth-order valence-corrected chi connectivity index (χ4v) is 8.80. The number of aromatic amines is 1. The van der Waals surface area contributed by atoms with Crippen molar-refractivity contribution in [3.8, 4) is 17.2 Å². The van der Waals surface area contributed by atoms with Crippen LogP contribution in [0.15, 0.2) is 132 Å². The van der Waals surface area contributed by atoms with Gasteiger partial charge in [0.2, 0.25) is 5.56 Å². The number of benzene rings is 5. The Hall–Kier alpha value is -6.67. The molecule has 2 bridgehead atoms. The summed E-state index contributed by atoms with van der Waals surface area (Å²) in [6, 6.07) is 38.2. The van der Waals surface area contributed by atoms with Crippen LogP contribution in [0.1, 0.15) is 69.6 Å². The van der Waals surface area contributed by atoms with Crippen LogP contribution in [0.3, 0.4) is 0 Å². The van der Waals surface area contributed by atoms with E-state index >= 15 is 0 Å². The number of nitrogens with zero attached hydrogens (tertiary/aromatic N) is 2. The van der Waals surface area contributed by atoms with Gasteiger partial charge in [-0.05, 0) is 110 Å². The molecule has 3 fully saturated rings. The van der Waals surface area contributed by atoms with Crippen LogP contribution in [-0.2, 0) is 17.9 Å². The molecule has 0 saturated carbocycles. The van der Waals surface area contributed by atoms with E-state index in [4.69, 9.17) is 14.2 Å². The number of nitrogens with one attached hydrogen (secondary N) is 3. The number of hydrogen-bond donors (Lipinski definition) is 5. The summed E-state index contributed by atoms with van der Waals surface area (Å²) in [5.74, 6) is 1.54. The molecule has 13 nitrogen and oxygen atoms in total. The highest BCUT2D eigenvalue weighted by Crippen LogP contribution is 2.32. The normalized spacial score (nSPS) is 17.6. The van der Waals surface area contributed by atoms with Crippen molar-refractivity contribution in [1.82, 2.24) is 25.4 Å². The van der Waals surface area contributed by atoms with E-state index in [-0.39, 0.29) is 42.0 Å². The molecule has 3 saturated heterocycles. The van der Waals surface area contributed by atoms with Crippen molar-refractivity contribution in [2.75, 3.05) is 46.4 Å². The number of H-pyrrole nitrogens is 1. The lowest BCUT2D eigenvalue weighted by Gasteiger charge is -2.43. The highest BCUT2D eigenvalue weighted by molar-refractivity contribution is 5.94. The zero-order valence-corrected chi connectivity index (χ0v) is 36.0. The smallest absolute Gasteiger partial charge is 0.408 e. The lowest BCUT2D eigenvalue weighted by atomic mass is 9.86. The van der Waals surface area contributed by atoms with E-state index in [1.165, 1.54) is 12.1 Å². The van der Waals surface area contributed by atoms with Gasteiger partial charge < -0.3 is 44.9 Å². The largest absolute Gasteiger partial charge is 0.506 e. The summed E-state index contributed by atoms with van der Waals surface area (Å²) in [6.45, 7) is 4.70. The maximum absolute atomic E-state index is 14.1. The summed E-state index contributed by atoms with van der Waals surface area (Å²) in [5, 5.41) is 28.3. The van der Waals surface area contributed by atoms with Gasteiger partial charge >= 0.3 is 6.09 Å². The van der Waals surface area contributed by atoms with Gasteiger partial charge in [0.25, 0.3) is 5.91 Å². The number of ether oxygens (including phenoxy) is 3. The molecule has 332 valence electrons. The number of pyridine rings is 1. The number of phenols is 1. The molecule has 3 aliphatic heterocycles. The lowest BCUT2D eigenvalue weighted by Crippen LogP contribution is -2.52. The Bertz CT molecular complexity index is 2580. The number of aromatic nitrogens is 1. The van der Waals surface area contributed by atoms with Crippen molar-refractivity contribution in [2.24, 2.45) is 5.92 Å². The third-order valence-corrected chi connectivity index (χ3v) is 12.3. The summed E-state index contributed by atoms with van der Waals surface area (Å²) in [7, 11) is 1.61. The highest BCUT2D eigenvalue weighted by atomic mass is 16.6. The van der Waals surface area contributed by atoms with Crippen LogP contribution in [0.2, 0.25) is 0 Å². The van der Waals surface area contributed by atoms with Gasteiger partial charge in [0.1, 0.15) is 30.0 Å². The number of hydrogen-bond acceptors (Lipinski definition) is 10. The molecule has 9 rings (SSSR count). The van der Waals surface area contributed by atoms with Crippen molar-refractivity contribution in [1.29, 1.82) is 0 Å². The Morgan fingerprint density at radius 2 is 1.66 bits per heavy atom. The second-order valence-electron chi connectivity index (χ2n) is 16.5. The van der Waals surface area contributed by atoms with E-state index in [0.29, 0.717) is 60.0 Å². The first-order chi connectivity index (χ1) is 31.2. The molecule has 4 heterocycles. The van der Waals surface area contributed by atoms with E-state index in [9.17, 15) is 24.6 Å². The van der Waals surface area contributed by atoms with Crippen LogP contribution in [0.5, 0.6) is 17.2 Å². The first-order valence-electron chi connectivity index (χ1n) is 21.9. The van der Waals surface area contributed by atoms with Crippen LogP contribution in [0, 0.1) is 5.92 Å². The van der Waals surface area contributed by atoms with E-state index < -0.39 is 18.2 Å². The Labute approximate surface area is 372 Å². The molecular formula is C51H55N5O8. The average Bonchev–Trinajstić information content (AvgIpc) is 3.33. The molecule has 3 atom stereocenters. The predicted molar refractivity (Wildman–Crippen MR) is 244 cm³/mol. The van der Waals surface area contributed by atoms with E-state index in [1.807, 2.05) is 103 Å². The van der Waals surface area contributed by atoms with Crippen molar-refractivity contribution in [2.45, 2.75) is 50.7 Å². The van der Waals surface area contributed by atoms with Gasteiger partial charge in [0.05, 0.1) is 24.8 Å². The van der Waals surface area contributed by atoms with Crippen molar-refractivity contribution < 1.29 is 34.0 Å². The fraction of sp³-hybridized carbons (Fsp3) is 0.314. The number of amides is 2. The van der Waals surface area contributed by atoms with Gasteiger partial charge in [-0.15, -0.1) is 0 Å². The quantitative estimate of drug-likeness (QED) is 0.0564. The minimum absolute atomic E-state index is 0.0668. The van der Waals surface area contributed by atoms with Gasteiger partial charge in [-0.1, -0.05) is 78.9 Å². The number of alkyl carbamates (subject to hydrolysis) is 1. The monoisotopic (exact) mass is 865 g/mol. The summed E-state index contributed by atoms with van der Waals surface area (Å²) in [5.41, 5.74) is 4.60. The molecule has 0 radical (unpaired) electrons. The zero-order valence-electron chi connectivity index (χ0n) is 36.0.